The zero-order chi connectivity index (χ0) is 46.4. The van der Waals surface area contributed by atoms with Gasteiger partial charge in [0.05, 0.1) is 6.04 Å². The third-order valence-corrected chi connectivity index (χ3v) is 10.5. The van der Waals surface area contributed by atoms with Crippen LogP contribution in [0, 0.1) is 11.8 Å². The molecule has 17 nitrogen and oxygen atoms in total. The lowest BCUT2D eigenvalue weighted by atomic mass is 9.98. The molecule has 17 heteroatoms. The van der Waals surface area contributed by atoms with Gasteiger partial charge in [-0.05, 0) is 81.5 Å². The van der Waals surface area contributed by atoms with Crippen LogP contribution in [0.2, 0.25) is 0 Å². The van der Waals surface area contributed by atoms with Crippen LogP contribution < -0.4 is 49.5 Å². The smallest absolute Gasteiger partial charge is 0.245 e. The van der Waals surface area contributed by atoms with Crippen LogP contribution in [-0.2, 0) is 46.4 Å². The SMILES string of the molecule is CC(C)C[C@@H](NC(=O)[C@@H](CCCCN)NC(=O)[C@H](N)CCCCN)C(=O)N[C@@H](C(=O)N[C@H](Cc1ccccc1)C(=O)N(C)[C@H](Cc1ccccc1)C(=O)N[C@H](C)C(N)=O)C(C)C. The average molecular weight is 865 g/mol. The Hall–Kier alpha value is -5.39. The molecule has 0 unspecified atom stereocenters. The monoisotopic (exact) mass is 865 g/mol. The quantitative estimate of drug-likeness (QED) is 0.0535. The maximum Gasteiger partial charge on any atom is 0.245 e. The Morgan fingerprint density at radius 2 is 1.08 bits per heavy atom. The number of hydrogen-bond donors (Lipinski definition) is 9. The van der Waals surface area contributed by atoms with Crippen molar-refractivity contribution in [1.29, 1.82) is 0 Å². The van der Waals surface area contributed by atoms with Gasteiger partial charge in [-0.2, -0.15) is 0 Å². The highest BCUT2D eigenvalue weighted by atomic mass is 16.2. The Kier molecular flexibility index (Phi) is 23.4. The molecule has 0 bridgehead atoms. The second-order valence-corrected chi connectivity index (χ2v) is 16.7. The van der Waals surface area contributed by atoms with Crippen LogP contribution in [0.25, 0.3) is 0 Å². The molecule has 0 spiro atoms. The van der Waals surface area contributed by atoms with Gasteiger partial charge in [-0.3, -0.25) is 33.6 Å². The van der Waals surface area contributed by atoms with E-state index in [4.69, 9.17) is 22.9 Å². The van der Waals surface area contributed by atoms with E-state index in [9.17, 15) is 33.6 Å². The summed E-state index contributed by atoms with van der Waals surface area (Å²) < 4.78 is 0. The van der Waals surface area contributed by atoms with Gasteiger partial charge < -0.3 is 54.4 Å². The summed E-state index contributed by atoms with van der Waals surface area (Å²) in [6.07, 6.45) is 3.52. The predicted octanol–water partition coefficient (Wildman–Crippen LogP) is 0.515. The van der Waals surface area contributed by atoms with Crippen molar-refractivity contribution in [2.75, 3.05) is 20.1 Å². The Morgan fingerprint density at radius 3 is 1.60 bits per heavy atom. The molecular formula is C45H72N10O7. The second kappa shape index (κ2) is 27.5. The number of nitrogens with one attached hydrogen (secondary N) is 5. The fourth-order valence-corrected chi connectivity index (χ4v) is 6.78. The molecule has 62 heavy (non-hydrogen) atoms. The molecule has 2 aromatic carbocycles. The molecule has 2 rings (SSSR count). The van der Waals surface area contributed by atoms with Gasteiger partial charge in [-0.15, -0.1) is 0 Å². The van der Waals surface area contributed by atoms with Gasteiger partial charge in [-0.1, -0.05) is 94.8 Å². The first kappa shape index (κ1) is 52.7. The van der Waals surface area contributed by atoms with Gasteiger partial charge in [0.25, 0.3) is 0 Å². The number of rotatable bonds is 28. The molecule has 0 aromatic heterocycles. The minimum Gasteiger partial charge on any atom is -0.368 e. The fourth-order valence-electron chi connectivity index (χ4n) is 6.78. The van der Waals surface area contributed by atoms with Crippen LogP contribution in [0.3, 0.4) is 0 Å². The average Bonchev–Trinajstić information content (AvgIpc) is 3.23. The van der Waals surface area contributed by atoms with Gasteiger partial charge >= 0.3 is 0 Å². The van der Waals surface area contributed by atoms with Crippen molar-refractivity contribution in [3.63, 3.8) is 0 Å². The van der Waals surface area contributed by atoms with Crippen LogP contribution in [0.1, 0.15) is 90.7 Å². The Bertz CT molecular complexity index is 1730. The predicted molar refractivity (Wildman–Crippen MR) is 239 cm³/mol. The van der Waals surface area contributed by atoms with E-state index in [-0.39, 0.29) is 31.6 Å². The summed E-state index contributed by atoms with van der Waals surface area (Å²) in [7, 11) is 1.46. The molecule has 0 radical (unpaired) electrons. The summed E-state index contributed by atoms with van der Waals surface area (Å²) in [5.41, 5.74) is 24.3. The second-order valence-electron chi connectivity index (χ2n) is 16.7. The number of unbranched alkanes of at least 4 members (excludes halogenated alkanes) is 2. The molecule has 0 saturated carbocycles. The molecule has 344 valence electrons. The van der Waals surface area contributed by atoms with Gasteiger partial charge in [0.1, 0.15) is 36.3 Å². The molecule has 13 N–H and O–H groups in total. The number of nitrogens with zero attached hydrogens (tertiary/aromatic N) is 1. The number of carbonyl (C=O) groups is 7. The van der Waals surface area contributed by atoms with Gasteiger partial charge in [0.15, 0.2) is 0 Å². The lowest BCUT2D eigenvalue weighted by molar-refractivity contribution is -0.143. The van der Waals surface area contributed by atoms with Crippen LogP contribution in [-0.4, -0.2) is 109 Å². The highest BCUT2D eigenvalue weighted by Gasteiger charge is 2.37. The number of primary amides is 1. The lowest BCUT2D eigenvalue weighted by Crippen LogP contribution is -2.61. The topological polar surface area (TPSA) is 287 Å². The third kappa shape index (κ3) is 18.3. The summed E-state index contributed by atoms with van der Waals surface area (Å²) in [5, 5.41) is 13.8. The minimum absolute atomic E-state index is 0.0475. The van der Waals surface area contributed by atoms with Crippen molar-refractivity contribution < 1.29 is 33.6 Å². The molecule has 0 saturated heterocycles. The first-order chi connectivity index (χ1) is 29.4. The Balaban J connectivity index is 2.41. The van der Waals surface area contributed by atoms with Gasteiger partial charge in [-0.25, -0.2) is 0 Å². The molecule has 0 aliphatic heterocycles. The van der Waals surface area contributed by atoms with Crippen molar-refractivity contribution in [3.05, 3.63) is 71.8 Å². The summed E-state index contributed by atoms with van der Waals surface area (Å²) in [6.45, 7) is 9.55. The van der Waals surface area contributed by atoms with Crippen molar-refractivity contribution in [3.8, 4) is 0 Å². The summed E-state index contributed by atoms with van der Waals surface area (Å²) in [4.78, 5) is 96.5. The highest BCUT2D eigenvalue weighted by Crippen LogP contribution is 2.15. The highest BCUT2D eigenvalue weighted by molar-refractivity contribution is 5.97. The minimum atomic E-state index is -1.20. The van der Waals surface area contributed by atoms with E-state index in [0.717, 1.165) is 11.1 Å². The van der Waals surface area contributed by atoms with Crippen molar-refractivity contribution in [1.82, 2.24) is 31.5 Å². The van der Waals surface area contributed by atoms with E-state index in [2.05, 4.69) is 26.6 Å². The normalized spacial score (nSPS) is 14.6. The number of amides is 7. The number of carbonyl (C=O) groups excluding carboxylic acids is 7. The fraction of sp³-hybridized carbons (Fsp3) is 0.578. The molecule has 0 aliphatic rings. The zero-order valence-electron chi connectivity index (χ0n) is 37.4. The van der Waals surface area contributed by atoms with Crippen LogP contribution in [0.5, 0.6) is 0 Å². The van der Waals surface area contributed by atoms with Gasteiger partial charge in [0, 0.05) is 19.9 Å². The van der Waals surface area contributed by atoms with Crippen LogP contribution >= 0.6 is 0 Å². The van der Waals surface area contributed by atoms with Crippen molar-refractivity contribution in [2.24, 2.45) is 34.8 Å². The Labute approximate surface area is 367 Å². The number of hydrogen-bond acceptors (Lipinski definition) is 10. The van der Waals surface area contributed by atoms with Crippen LogP contribution in [0.15, 0.2) is 60.7 Å². The van der Waals surface area contributed by atoms with E-state index >= 15 is 0 Å². The maximum absolute atomic E-state index is 14.5. The molecule has 0 aliphatic carbocycles. The van der Waals surface area contributed by atoms with Crippen molar-refractivity contribution >= 4 is 41.4 Å². The lowest BCUT2D eigenvalue weighted by Gasteiger charge is -2.33. The Morgan fingerprint density at radius 1 is 0.581 bits per heavy atom. The summed E-state index contributed by atoms with van der Waals surface area (Å²) in [6, 6.07) is 10.7. The molecule has 0 fully saturated rings. The van der Waals surface area contributed by atoms with E-state index in [1.807, 2.05) is 38.1 Å². The van der Waals surface area contributed by atoms with Gasteiger partial charge in [0.2, 0.25) is 41.4 Å². The van der Waals surface area contributed by atoms with E-state index < -0.39 is 89.6 Å². The molecule has 7 amide bonds. The maximum atomic E-state index is 14.5. The van der Waals surface area contributed by atoms with E-state index in [1.165, 1.54) is 18.9 Å². The number of nitrogens with two attached hydrogens (primary N) is 4. The molecule has 2 aromatic rings. The van der Waals surface area contributed by atoms with Crippen LogP contribution in [0.4, 0.5) is 0 Å². The third-order valence-electron chi connectivity index (χ3n) is 10.5. The van der Waals surface area contributed by atoms with Crippen molar-refractivity contribution in [2.45, 2.75) is 135 Å². The first-order valence-electron chi connectivity index (χ1n) is 21.7. The van der Waals surface area contributed by atoms with E-state index in [0.29, 0.717) is 45.2 Å². The summed E-state index contributed by atoms with van der Waals surface area (Å²) >= 11 is 0. The largest absolute Gasteiger partial charge is 0.368 e. The first-order valence-corrected chi connectivity index (χ1v) is 21.7. The van der Waals surface area contributed by atoms with E-state index in [1.54, 1.807) is 50.2 Å². The summed E-state index contributed by atoms with van der Waals surface area (Å²) in [5.74, 6) is -4.85. The standard InChI is InChI=1S/C45H72N10O7/c1-28(2)25-35(52-41(58)34(22-14-16-24-47)51-40(57)33(48)21-13-15-23-46)42(59)54-38(29(3)4)44(61)53-36(26-31-17-9-7-10-18-31)45(62)55(6)37(27-32-19-11-8-12-20-32)43(60)50-30(5)39(49)56/h7-12,17-20,28-30,33-38H,13-16,21-27,46-48H2,1-6H3,(H2,49,56)(H,50,60)(H,51,57)(H,52,58)(H,53,61)(H,54,59)/t30-,33-,34-,35-,36-,37-,38-/m1/s1. The number of benzene rings is 2. The number of likely N-dealkylation sites (N-methyl/N-ethyl adjacent to an activating group) is 1. The zero-order valence-corrected chi connectivity index (χ0v) is 37.4. The molecule has 0 heterocycles. The molecular weight excluding hydrogens is 793 g/mol. The molecule has 7 atom stereocenters.